The Bertz CT molecular complexity index is 1300. The number of hydrogen-bond donors (Lipinski definition) is 1. The number of ether oxygens (including phenoxy) is 5. The second-order valence-corrected chi connectivity index (χ2v) is 7.68. The van der Waals surface area contributed by atoms with E-state index in [0.717, 1.165) is 0 Å². The van der Waals surface area contributed by atoms with E-state index in [1.807, 2.05) is 13.8 Å². The number of furan rings is 1. The molecule has 1 N–H and O–H groups in total. The largest absolute Gasteiger partial charge is 0.493 e. The van der Waals surface area contributed by atoms with Gasteiger partial charge in [0.2, 0.25) is 11.5 Å². The average molecular weight is 466 g/mol. The van der Waals surface area contributed by atoms with E-state index in [4.69, 9.17) is 28.1 Å². The van der Waals surface area contributed by atoms with Gasteiger partial charge in [-0.2, -0.15) is 5.10 Å². The smallest absolute Gasteiger partial charge is 0.205 e. The molecule has 9 heteroatoms. The lowest BCUT2D eigenvalue weighted by atomic mass is 9.97. The molecule has 0 bridgehead atoms. The number of benzene rings is 2. The van der Waals surface area contributed by atoms with Crippen molar-refractivity contribution < 1.29 is 32.9 Å². The van der Waals surface area contributed by atoms with Crippen molar-refractivity contribution in [2.75, 3.05) is 28.4 Å². The minimum absolute atomic E-state index is 0.142. The van der Waals surface area contributed by atoms with Crippen LogP contribution in [0.4, 0.5) is 0 Å². The van der Waals surface area contributed by atoms with Crippen LogP contribution >= 0.6 is 0 Å². The summed E-state index contributed by atoms with van der Waals surface area (Å²) >= 11 is 0. The first-order valence-electron chi connectivity index (χ1n) is 10.6. The van der Waals surface area contributed by atoms with Crippen LogP contribution in [0.2, 0.25) is 0 Å². The van der Waals surface area contributed by atoms with Crippen molar-refractivity contribution >= 4 is 16.8 Å². The molecule has 4 rings (SSSR count). The molecule has 2 aromatic heterocycles. The maximum absolute atomic E-state index is 13.9. The van der Waals surface area contributed by atoms with Crippen molar-refractivity contribution in [1.82, 2.24) is 10.2 Å². The molecule has 0 saturated heterocycles. The summed E-state index contributed by atoms with van der Waals surface area (Å²) in [6.45, 7) is 3.81. The topological polar surface area (TPSA) is 105 Å². The van der Waals surface area contributed by atoms with E-state index < -0.39 is 0 Å². The summed E-state index contributed by atoms with van der Waals surface area (Å²) in [5, 5.41) is 7.36. The van der Waals surface area contributed by atoms with Crippen molar-refractivity contribution in [2.45, 2.75) is 20.0 Å². The zero-order chi connectivity index (χ0) is 24.4. The van der Waals surface area contributed by atoms with Crippen molar-refractivity contribution in [2.24, 2.45) is 0 Å². The Hall–Kier alpha value is -4.14. The van der Waals surface area contributed by atoms with Crippen LogP contribution in [-0.4, -0.2) is 50.5 Å². The molecular formula is C25H26N2O7. The maximum Gasteiger partial charge on any atom is 0.205 e. The highest BCUT2D eigenvalue weighted by molar-refractivity contribution is 6.20. The van der Waals surface area contributed by atoms with Gasteiger partial charge in [0.05, 0.1) is 51.9 Å². The minimum atomic E-state index is -0.296. The molecule has 0 spiro atoms. The average Bonchev–Trinajstić information content (AvgIpc) is 3.50. The third-order valence-electron chi connectivity index (χ3n) is 5.26. The fourth-order valence-electron chi connectivity index (χ4n) is 3.79. The summed E-state index contributed by atoms with van der Waals surface area (Å²) in [6.07, 6.45) is 3.10. The van der Waals surface area contributed by atoms with E-state index in [1.165, 1.54) is 21.3 Å². The van der Waals surface area contributed by atoms with Crippen molar-refractivity contribution in [3.63, 3.8) is 0 Å². The molecular weight excluding hydrogens is 440 g/mol. The van der Waals surface area contributed by atoms with E-state index in [1.54, 1.807) is 43.8 Å². The Labute approximate surface area is 196 Å². The van der Waals surface area contributed by atoms with Gasteiger partial charge in [0.15, 0.2) is 28.6 Å². The highest BCUT2D eigenvalue weighted by Gasteiger charge is 2.29. The molecule has 0 aliphatic carbocycles. The van der Waals surface area contributed by atoms with Crippen molar-refractivity contribution in [1.29, 1.82) is 0 Å². The Morgan fingerprint density at radius 1 is 0.941 bits per heavy atom. The van der Waals surface area contributed by atoms with Crippen LogP contribution in [0.25, 0.3) is 22.3 Å². The quantitative estimate of drug-likeness (QED) is 0.348. The van der Waals surface area contributed by atoms with Crippen LogP contribution in [0.1, 0.15) is 29.8 Å². The Morgan fingerprint density at radius 2 is 1.62 bits per heavy atom. The second-order valence-electron chi connectivity index (χ2n) is 7.68. The van der Waals surface area contributed by atoms with Crippen LogP contribution in [0, 0.1) is 0 Å². The lowest BCUT2D eigenvalue weighted by Crippen LogP contribution is -2.07. The number of nitrogens with zero attached hydrogens (tertiary/aromatic N) is 1. The van der Waals surface area contributed by atoms with Gasteiger partial charge in [-0.05, 0) is 38.1 Å². The molecule has 0 aliphatic heterocycles. The van der Waals surface area contributed by atoms with Crippen LogP contribution in [0.3, 0.4) is 0 Å². The van der Waals surface area contributed by atoms with Gasteiger partial charge in [0.25, 0.3) is 0 Å². The summed E-state index contributed by atoms with van der Waals surface area (Å²) in [5.74, 6) is 2.11. The number of H-pyrrole nitrogens is 1. The molecule has 0 atom stereocenters. The molecule has 178 valence electrons. The first kappa shape index (κ1) is 23.0. The predicted octanol–water partition coefficient (Wildman–Crippen LogP) is 4.88. The summed E-state index contributed by atoms with van der Waals surface area (Å²) in [7, 11) is 6.05. The number of hydrogen-bond acceptors (Lipinski definition) is 8. The molecule has 0 fully saturated rings. The third kappa shape index (κ3) is 3.89. The van der Waals surface area contributed by atoms with Crippen LogP contribution in [0.5, 0.6) is 28.7 Å². The Balaban J connectivity index is 2.00. The summed E-state index contributed by atoms with van der Waals surface area (Å²) < 4.78 is 34.0. The minimum Gasteiger partial charge on any atom is -0.493 e. The number of methoxy groups -OCH3 is 4. The number of aromatic nitrogens is 2. The molecule has 0 saturated carbocycles. The number of aromatic amines is 1. The lowest BCUT2D eigenvalue weighted by Gasteiger charge is -2.14. The molecule has 0 aliphatic rings. The van der Waals surface area contributed by atoms with Crippen molar-refractivity contribution in [3.8, 4) is 40.1 Å². The zero-order valence-electron chi connectivity index (χ0n) is 19.8. The SMILES string of the molecule is COc1cc(C(=O)c2c(-c3cn[nH]c3)oc3c(OC(C)C)c(OC)ccc23)cc(OC)c1OC. The van der Waals surface area contributed by atoms with Gasteiger partial charge in [-0.15, -0.1) is 0 Å². The van der Waals surface area contributed by atoms with E-state index in [0.29, 0.717) is 62.2 Å². The van der Waals surface area contributed by atoms with E-state index in [2.05, 4.69) is 10.2 Å². The number of fused-ring (bicyclic) bond motifs is 1. The van der Waals surface area contributed by atoms with Gasteiger partial charge < -0.3 is 28.1 Å². The first-order chi connectivity index (χ1) is 16.4. The van der Waals surface area contributed by atoms with Crippen LogP contribution < -0.4 is 23.7 Å². The summed E-state index contributed by atoms with van der Waals surface area (Å²) in [6, 6.07) is 6.74. The fourth-order valence-corrected chi connectivity index (χ4v) is 3.79. The Kier molecular flexibility index (Phi) is 6.36. The lowest BCUT2D eigenvalue weighted by molar-refractivity contribution is 0.103. The van der Waals surface area contributed by atoms with E-state index in [-0.39, 0.29) is 11.9 Å². The van der Waals surface area contributed by atoms with Gasteiger partial charge in [-0.1, -0.05) is 0 Å². The van der Waals surface area contributed by atoms with Crippen LogP contribution in [-0.2, 0) is 0 Å². The molecule has 4 aromatic rings. The standard InChI is InChI=1S/C25H26N2O7/c1-13(2)33-25-17(29-3)8-7-16-20(22(34-23(16)25)15-11-26-27-12-15)21(28)14-9-18(30-4)24(32-6)19(10-14)31-5/h7-13H,1-6H3,(H,26,27). The molecule has 0 unspecified atom stereocenters. The summed E-state index contributed by atoms with van der Waals surface area (Å²) in [4.78, 5) is 13.9. The molecule has 2 aromatic carbocycles. The normalized spacial score (nSPS) is 11.0. The van der Waals surface area contributed by atoms with Crippen LogP contribution in [0.15, 0.2) is 41.1 Å². The van der Waals surface area contributed by atoms with Gasteiger partial charge in [0.1, 0.15) is 5.76 Å². The maximum atomic E-state index is 13.9. The summed E-state index contributed by atoms with van der Waals surface area (Å²) in [5.41, 5.74) is 1.70. The monoisotopic (exact) mass is 466 g/mol. The van der Waals surface area contributed by atoms with Gasteiger partial charge in [-0.25, -0.2) is 0 Å². The zero-order valence-corrected chi connectivity index (χ0v) is 19.8. The highest BCUT2D eigenvalue weighted by Crippen LogP contribution is 2.45. The molecule has 2 heterocycles. The second kappa shape index (κ2) is 9.38. The molecule has 0 amide bonds. The number of carbonyl (C=O) groups is 1. The number of rotatable bonds is 9. The van der Waals surface area contributed by atoms with Gasteiger partial charge >= 0.3 is 0 Å². The fraction of sp³-hybridized carbons (Fsp3) is 0.280. The van der Waals surface area contributed by atoms with E-state index >= 15 is 0 Å². The van der Waals surface area contributed by atoms with Gasteiger partial charge in [0, 0.05) is 17.1 Å². The molecule has 0 radical (unpaired) electrons. The van der Waals surface area contributed by atoms with Gasteiger partial charge in [-0.3, -0.25) is 9.89 Å². The number of carbonyl (C=O) groups excluding carboxylic acids is 1. The first-order valence-corrected chi connectivity index (χ1v) is 10.6. The van der Waals surface area contributed by atoms with Crippen molar-refractivity contribution in [3.05, 3.63) is 47.8 Å². The molecule has 9 nitrogen and oxygen atoms in total. The highest BCUT2D eigenvalue weighted by atomic mass is 16.5. The predicted molar refractivity (Wildman–Crippen MR) is 126 cm³/mol. The number of nitrogens with one attached hydrogen (secondary N) is 1. The Morgan fingerprint density at radius 3 is 2.15 bits per heavy atom. The molecule has 34 heavy (non-hydrogen) atoms. The number of ketones is 1. The van der Waals surface area contributed by atoms with E-state index in [9.17, 15) is 4.79 Å². The third-order valence-corrected chi connectivity index (χ3v) is 5.26.